The molecule has 4 nitrogen and oxygen atoms in total. The van der Waals surface area contributed by atoms with Crippen LogP contribution in [0, 0.1) is 5.82 Å². The number of ether oxygens (including phenoxy) is 1. The summed E-state index contributed by atoms with van der Waals surface area (Å²) in [6.07, 6.45) is 2.98. The zero-order chi connectivity index (χ0) is 17.4. The van der Waals surface area contributed by atoms with Crippen molar-refractivity contribution in [2.24, 2.45) is 0 Å². The Morgan fingerprint density at radius 2 is 1.84 bits per heavy atom. The Morgan fingerprint density at radius 1 is 1.12 bits per heavy atom. The van der Waals surface area contributed by atoms with Crippen LogP contribution in [0.3, 0.4) is 0 Å². The fourth-order valence-electron chi connectivity index (χ4n) is 2.78. The molecule has 2 fully saturated rings. The van der Waals surface area contributed by atoms with Crippen molar-refractivity contribution in [1.29, 1.82) is 0 Å². The lowest BCUT2D eigenvalue weighted by Gasteiger charge is -2.18. The van der Waals surface area contributed by atoms with Crippen molar-refractivity contribution in [2.75, 3.05) is 0 Å². The second-order valence-electron chi connectivity index (χ2n) is 6.60. The zero-order valence-electron chi connectivity index (χ0n) is 13.5. The van der Waals surface area contributed by atoms with Crippen molar-refractivity contribution in [2.45, 2.75) is 43.7 Å². The van der Waals surface area contributed by atoms with Gasteiger partial charge >= 0.3 is 5.97 Å². The Kier molecular flexibility index (Phi) is 4.29. The molecule has 1 aromatic heterocycles. The maximum Gasteiger partial charge on any atom is 0.349 e. The van der Waals surface area contributed by atoms with Crippen molar-refractivity contribution in [1.82, 2.24) is 5.32 Å². The highest BCUT2D eigenvalue weighted by Gasteiger charge is 2.34. The van der Waals surface area contributed by atoms with E-state index in [1.54, 1.807) is 0 Å². The minimum Gasteiger partial charge on any atom is -0.443 e. The molecule has 2 saturated carbocycles. The number of hydrogen-bond acceptors (Lipinski definition) is 4. The maximum absolute atomic E-state index is 13.2. The molecule has 1 aromatic carbocycles. The number of carbonyl (C=O) groups excluding carboxylic acids is 2. The van der Waals surface area contributed by atoms with E-state index >= 15 is 0 Å². The molecular formula is C19H18FNO3S. The highest BCUT2D eigenvalue weighted by atomic mass is 32.1. The van der Waals surface area contributed by atoms with Crippen LogP contribution in [-0.2, 0) is 9.53 Å². The van der Waals surface area contributed by atoms with E-state index < -0.39 is 17.9 Å². The molecule has 1 atom stereocenters. The topological polar surface area (TPSA) is 55.4 Å². The normalized spacial score (nSPS) is 17.8. The Balaban J connectivity index is 1.56. The Morgan fingerprint density at radius 3 is 2.48 bits per heavy atom. The van der Waals surface area contributed by atoms with Crippen LogP contribution in [0.1, 0.15) is 58.5 Å². The summed E-state index contributed by atoms with van der Waals surface area (Å²) in [7, 11) is 0. The van der Waals surface area contributed by atoms with E-state index in [0.29, 0.717) is 16.4 Å². The van der Waals surface area contributed by atoms with E-state index in [0.717, 1.165) is 31.2 Å². The minimum atomic E-state index is -1.07. The van der Waals surface area contributed by atoms with Gasteiger partial charge in [-0.2, -0.15) is 0 Å². The van der Waals surface area contributed by atoms with Gasteiger partial charge in [0.15, 0.2) is 0 Å². The van der Waals surface area contributed by atoms with Gasteiger partial charge in [0.05, 0.1) is 0 Å². The first kappa shape index (κ1) is 16.3. The van der Waals surface area contributed by atoms with Crippen LogP contribution < -0.4 is 5.32 Å². The molecule has 0 unspecified atom stereocenters. The van der Waals surface area contributed by atoms with Gasteiger partial charge in [-0.05, 0) is 60.7 Å². The van der Waals surface area contributed by atoms with E-state index in [4.69, 9.17) is 4.74 Å². The predicted molar refractivity (Wildman–Crippen MR) is 92.0 cm³/mol. The van der Waals surface area contributed by atoms with Crippen molar-refractivity contribution in [3.05, 3.63) is 57.5 Å². The summed E-state index contributed by atoms with van der Waals surface area (Å²) in [5.74, 6) is -0.812. The molecule has 25 heavy (non-hydrogen) atoms. The summed E-state index contributed by atoms with van der Waals surface area (Å²) >= 11 is 1.34. The summed E-state index contributed by atoms with van der Waals surface area (Å²) in [6.45, 7) is 0. The molecule has 1 amide bonds. The first-order valence-electron chi connectivity index (χ1n) is 8.46. The van der Waals surface area contributed by atoms with E-state index in [2.05, 4.69) is 5.32 Å². The SMILES string of the molecule is O=C(O[C@@H](C(=O)NC1CC1)c1ccc(F)cc1)c1sccc1C1CC1. The minimum absolute atomic E-state index is 0.151. The van der Waals surface area contributed by atoms with E-state index in [9.17, 15) is 14.0 Å². The van der Waals surface area contributed by atoms with Gasteiger partial charge in [-0.1, -0.05) is 12.1 Å². The van der Waals surface area contributed by atoms with Crippen molar-refractivity contribution in [3.8, 4) is 0 Å². The number of carbonyl (C=O) groups is 2. The summed E-state index contributed by atoms with van der Waals surface area (Å²) in [6, 6.07) is 7.60. The van der Waals surface area contributed by atoms with E-state index in [-0.39, 0.29) is 11.9 Å². The van der Waals surface area contributed by atoms with E-state index in [1.807, 2.05) is 11.4 Å². The van der Waals surface area contributed by atoms with Gasteiger partial charge in [0, 0.05) is 11.6 Å². The second kappa shape index (κ2) is 6.59. The number of amides is 1. The lowest BCUT2D eigenvalue weighted by molar-refractivity contribution is -0.130. The highest BCUT2D eigenvalue weighted by molar-refractivity contribution is 7.12. The molecule has 2 aliphatic rings. The zero-order valence-corrected chi connectivity index (χ0v) is 14.4. The highest BCUT2D eigenvalue weighted by Crippen LogP contribution is 2.43. The molecule has 2 aromatic rings. The van der Waals surface area contributed by atoms with Crippen molar-refractivity contribution in [3.63, 3.8) is 0 Å². The number of benzene rings is 1. The number of halogens is 1. The molecule has 1 heterocycles. The van der Waals surface area contributed by atoms with Crippen LogP contribution in [0.4, 0.5) is 4.39 Å². The predicted octanol–water partition coefficient (Wildman–Crippen LogP) is 3.94. The van der Waals surface area contributed by atoms with Gasteiger partial charge in [0.25, 0.3) is 5.91 Å². The molecule has 0 aliphatic heterocycles. The van der Waals surface area contributed by atoms with Crippen LogP contribution in [-0.4, -0.2) is 17.9 Å². The van der Waals surface area contributed by atoms with Gasteiger partial charge in [-0.25, -0.2) is 9.18 Å². The number of rotatable bonds is 6. The van der Waals surface area contributed by atoms with Gasteiger partial charge in [-0.3, -0.25) is 4.79 Å². The van der Waals surface area contributed by atoms with Crippen LogP contribution in [0.2, 0.25) is 0 Å². The lowest BCUT2D eigenvalue weighted by atomic mass is 10.1. The summed E-state index contributed by atoms with van der Waals surface area (Å²) in [5, 5.41) is 4.74. The van der Waals surface area contributed by atoms with Crippen LogP contribution in [0.15, 0.2) is 35.7 Å². The van der Waals surface area contributed by atoms with Crippen LogP contribution in [0.5, 0.6) is 0 Å². The number of esters is 1. The van der Waals surface area contributed by atoms with Crippen LogP contribution in [0.25, 0.3) is 0 Å². The second-order valence-corrected chi connectivity index (χ2v) is 7.52. The molecule has 0 radical (unpaired) electrons. The number of thiophene rings is 1. The third-order valence-corrected chi connectivity index (χ3v) is 5.37. The van der Waals surface area contributed by atoms with Crippen molar-refractivity contribution < 1.29 is 18.7 Å². The smallest absolute Gasteiger partial charge is 0.349 e. The third kappa shape index (κ3) is 3.74. The van der Waals surface area contributed by atoms with Gasteiger partial charge in [0.1, 0.15) is 10.7 Å². The Hall–Kier alpha value is -2.21. The molecule has 4 rings (SSSR count). The molecule has 1 N–H and O–H groups in total. The molecule has 0 saturated heterocycles. The van der Waals surface area contributed by atoms with Gasteiger partial charge < -0.3 is 10.1 Å². The maximum atomic E-state index is 13.2. The fourth-order valence-corrected chi connectivity index (χ4v) is 3.64. The molecular weight excluding hydrogens is 341 g/mol. The average Bonchev–Trinajstić information content (AvgIpc) is 3.54. The van der Waals surface area contributed by atoms with Crippen molar-refractivity contribution >= 4 is 23.2 Å². The summed E-state index contributed by atoms with van der Waals surface area (Å²) in [5.41, 5.74) is 1.48. The number of nitrogens with one attached hydrogen (secondary N) is 1. The van der Waals surface area contributed by atoms with Gasteiger partial charge in [-0.15, -0.1) is 11.3 Å². The summed E-state index contributed by atoms with van der Waals surface area (Å²) < 4.78 is 18.8. The standard InChI is InChI=1S/C19H18FNO3S/c20-13-5-3-12(4-6-13)16(18(22)21-14-7-8-14)24-19(23)17-15(9-10-25-17)11-1-2-11/h3-6,9-11,14,16H,1-2,7-8H2,(H,21,22)/t16-/m1/s1. The molecule has 0 bridgehead atoms. The average molecular weight is 359 g/mol. The Labute approximate surface area is 149 Å². The summed E-state index contributed by atoms with van der Waals surface area (Å²) in [4.78, 5) is 25.7. The molecule has 0 spiro atoms. The monoisotopic (exact) mass is 359 g/mol. The quantitative estimate of drug-likeness (QED) is 0.795. The van der Waals surface area contributed by atoms with Gasteiger partial charge in [0.2, 0.25) is 6.10 Å². The van der Waals surface area contributed by atoms with E-state index in [1.165, 1.54) is 35.6 Å². The molecule has 6 heteroatoms. The molecule has 130 valence electrons. The lowest BCUT2D eigenvalue weighted by Crippen LogP contribution is -2.33. The number of hydrogen-bond donors (Lipinski definition) is 1. The largest absolute Gasteiger partial charge is 0.443 e. The molecule has 2 aliphatic carbocycles. The first-order chi connectivity index (χ1) is 12.1. The Bertz CT molecular complexity index is 793. The fraction of sp³-hybridized carbons (Fsp3) is 0.368. The van der Waals surface area contributed by atoms with Crippen LogP contribution >= 0.6 is 11.3 Å². The third-order valence-electron chi connectivity index (χ3n) is 4.46. The first-order valence-corrected chi connectivity index (χ1v) is 9.34.